The summed E-state index contributed by atoms with van der Waals surface area (Å²) in [5.41, 5.74) is 2.88. The highest BCUT2D eigenvalue weighted by molar-refractivity contribution is 6.30. The second-order valence-corrected chi connectivity index (χ2v) is 11.0. The minimum Gasteiger partial charge on any atom is -0.387 e. The third-order valence-corrected chi connectivity index (χ3v) is 8.31. The summed E-state index contributed by atoms with van der Waals surface area (Å²) in [6.07, 6.45) is 3.89. The molecule has 0 bridgehead atoms. The highest BCUT2D eigenvalue weighted by Gasteiger charge is 2.41. The third-order valence-electron chi connectivity index (χ3n) is 8.06. The molecule has 37 heavy (non-hydrogen) atoms. The van der Waals surface area contributed by atoms with Crippen molar-refractivity contribution in [2.75, 3.05) is 37.6 Å². The van der Waals surface area contributed by atoms with Gasteiger partial charge in [-0.3, -0.25) is 9.69 Å². The number of aliphatic hydroxyl groups excluding tert-OH is 1. The predicted octanol–water partition coefficient (Wildman–Crippen LogP) is 4.82. The number of benzene rings is 1. The van der Waals surface area contributed by atoms with E-state index in [2.05, 4.69) is 40.5 Å². The average Bonchev–Trinajstić information content (AvgIpc) is 3.45. The molecule has 204 valence electrons. The molecule has 1 N–H and O–H groups in total. The lowest BCUT2D eigenvalue weighted by atomic mass is 9.87. The Kier molecular flexibility index (Phi) is 10.1. The first-order valence-corrected chi connectivity index (χ1v) is 13.3. The predicted molar refractivity (Wildman–Crippen MR) is 152 cm³/mol. The van der Waals surface area contributed by atoms with E-state index in [1.165, 1.54) is 0 Å². The maximum absolute atomic E-state index is 14.1. The number of hydrogen-bond donors (Lipinski definition) is 1. The molecule has 3 aliphatic rings. The highest BCUT2D eigenvalue weighted by Crippen LogP contribution is 2.43. The van der Waals surface area contributed by atoms with E-state index >= 15 is 0 Å². The molecule has 1 aliphatic carbocycles. The molecule has 2 aromatic rings. The van der Waals surface area contributed by atoms with E-state index in [4.69, 9.17) is 11.6 Å². The van der Waals surface area contributed by atoms with E-state index in [0.29, 0.717) is 30.6 Å². The fraction of sp³-hybridized carbons (Fsp3) is 0.593. The Morgan fingerprint density at radius 1 is 1.05 bits per heavy atom. The van der Waals surface area contributed by atoms with Gasteiger partial charge in [0.1, 0.15) is 12.1 Å². The van der Waals surface area contributed by atoms with Crippen LogP contribution in [0.15, 0.2) is 30.6 Å². The Labute approximate surface area is 237 Å². The fourth-order valence-corrected chi connectivity index (χ4v) is 6.43. The van der Waals surface area contributed by atoms with Crippen molar-refractivity contribution in [2.45, 2.75) is 70.1 Å². The van der Waals surface area contributed by atoms with E-state index in [-0.39, 0.29) is 48.6 Å². The highest BCUT2D eigenvalue weighted by atomic mass is 35.5. The Hall–Kier alpha value is -1.64. The van der Waals surface area contributed by atoms with Crippen molar-refractivity contribution in [3.05, 3.63) is 52.4 Å². The monoisotopic (exact) mass is 569 g/mol. The van der Waals surface area contributed by atoms with Crippen LogP contribution >= 0.6 is 36.4 Å². The maximum Gasteiger partial charge on any atom is 0.231 e. The molecule has 2 aliphatic heterocycles. The second-order valence-electron chi connectivity index (χ2n) is 10.5. The molecule has 1 aromatic heterocycles. The normalized spacial score (nSPS) is 24.4. The molecular formula is C27H38Cl3N5O2. The quantitative estimate of drug-likeness (QED) is 0.556. The van der Waals surface area contributed by atoms with Gasteiger partial charge in [0, 0.05) is 48.8 Å². The standard InChI is InChI=1S/C27H36ClN5O2.2ClH/c1-17(2)33-10-4-5-21(33)24(19-6-8-20(28)9-7-19)27(35)32-13-11-31(12-14-32)26-23-18(3)15-22(34)25(23)29-16-30-26;;/h6-9,16-18,21-22,24,34H,4-5,10-15H2,1-3H3;2*1H/t18-,21?,22-,24?;;/m1../s1. The van der Waals surface area contributed by atoms with Crippen molar-refractivity contribution < 1.29 is 9.90 Å². The first kappa shape index (κ1) is 29.9. The van der Waals surface area contributed by atoms with Crippen molar-refractivity contribution in [3.8, 4) is 0 Å². The van der Waals surface area contributed by atoms with Gasteiger partial charge in [-0.2, -0.15) is 0 Å². The molecule has 2 fully saturated rings. The zero-order chi connectivity index (χ0) is 24.7. The number of anilines is 1. The number of fused-ring (bicyclic) bond motifs is 1. The van der Waals surface area contributed by atoms with Crippen LogP contribution in [0.2, 0.25) is 5.02 Å². The Morgan fingerprint density at radius 2 is 1.73 bits per heavy atom. The SMILES string of the molecule is CC(C)N1CCCC1C(C(=O)N1CCN(c2ncnc3c2[C@H](C)C[C@H]3O)CC1)c1ccc(Cl)cc1.Cl.Cl. The molecule has 5 rings (SSSR count). The summed E-state index contributed by atoms with van der Waals surface area (Å²) in [5, 5.41) is 11.1. The van der Waals surface area contributed by atoms with Gasteiger partial charge in [-0.15, -0.1) is 24.8 Å². The van der Waals surface area contributed by atoms with Crippen LogP contribution in [0.1, 0.15) is 74.8 Å². The summed E-state index contributed by atoms with van der Waals surface area (Å²) < 4.78 is 0. The summed E-state index contributed by atoms with van der Waals surface area (Å²) in [7, 11) is 0. The molecule has 2 saturated heterocycles. The topological polar surface area (TPSA) is 72.8 Å². The van der Waals surface area contributed by atoms with Gasteiger partial charge in [0.05, 0.1) is 17.7 Å². The van der Waals surface area contributed by atoms with Crippen LogP contribution in [0, 0.1) is 0 Å². The molecule has 3 heterocycles. The summed E-state index contributed by atoms with van der Waals surface area (Å²) in [4.78, 5) is 29.8. The van der Waals surface area contributed by atoms with Gasteiger partial charge in [-0.1, -0.05) is 30.7 Å². The van der Waals surface area contributed by atoms with Crippen LogP contribution in [-0.4, -0.2) is 75.6 Å². The van der Waals surface area contributed by atoms with E-state index in [1.807, 2.05) is 29.2 Å². The number of rotatable bonds is 5. The number of aliphatic hydroxyl groups is 1. The number of hydrogen-bond acceptors (Lipinski definition) is 6. The first-order valence-electron chi connectivity index (χ1n) is 12.9. The Balaban J connectivity index is 0.00000190. The van der Waals surface area contributed by atoms with Crippen molar-refractivity contribution in [1.29, 1.82) is 0 Å². The number of aromatic nitrogens is 2. The molecule has 10 heteroatoms. The number of amides is 1. The summed E-state index contributed by atoms with van der Waals surface area (Å²) in [5.74, 6) is 1.17. The van der Waals surface area contributed by atoms with E-state index < -0.39 is 6.10 Å². The third kappa shape index (κ3) is 5.86. The number of halogens is 3. The molecule has 7 nitrogen and oxygen atoms in total. The van der Waals surface area contributed by atoms with Crippen molar-refractivity contribution in [2.24, 2.45) is 0 Å². The van der Waals surface area contributed by atoms with Crippen molar-refractivity contribution >= 4 is 48.1 Å². The molecule has 4 atom stereocenters. The molecular weight excluding hydrogens is 533 g/mol. The zero-order valence-electron chi connectivity index (χ0n) is 21.7. The van der Waals surface area contributed by atoms with Crippen LogP contribution in [0.25, 0.3) is 0 Å². The lowest BCUT2D eigenvalue weighted by Crippen LogP contribution is -2.53. The fourth-order valence-electron chi connectivity index (χ4n) is 6.30. The van der Waals surface area contributed by atoms with Gasteiger partial charge in [0.2, 0.25) is 5.91 Å². The van der Waals surface area contributed by atoms with Gasteiger partial charge in [-0.05, 0) is 63.3 Å². The minimum atomic E-state index is -0.514. The van der Waals surface area contributed by atoms with Crippen LogP contribution in [0.3, 0.4) is 0 Å². The Morgan fingerprint density at radius 3 is 2.38 bits per heavy atom. The molecule has 0 saturated carbocycles. The second kappa shape index (κ2) is 12.5. The van der Waals surface area contributed by atoms with Gasteiger partial charge in [-0.25, -0.2) is 9.97 Å². The van der Waals surface area contributed by atoms with E-state index in [9.17, 15) is 9.90 Å². The molecule has 1 amide bonds. The number of carbonyl (C=O) groups excluding carboxylic acids is 1. The van der Waals surface area contributed by atoms with Crippen molar-refractivity contribution in [1.82, 2.24) is 19.8 Å². The molecule has 0 radical (unpaired) electrons. The number of carbonyl (C=O) groups is 1. The zero-order valence-corrected chi connectivity index (χ0v) is 24.1. The first-order chi connectivity index (χ1) is 16.8. The number of likely N-dealkylation sites (tertiary alicyclic amines) is 1. The number of piperazine rings is 1. The molecule has 2 unspecified atom stereocenters. The summed E-state index contributed by atoms with van der Waals surface area (Å²) >= 11 is 6.18. The van der Waals surface area contributed by atoms with Gasteiger partial charge in [0.15, 0.2) is 0 Å². The van der Waals surface area contributed by atoms with E-state index in [0.717, 1.165) is 55.1 Å². The smallest absolute Gasteiger partial charge is 0.231 e. The molecule has 0 spiro atoms. The van der Waals surface area contributed by atoms with Gasteiger partial charge in [0.25, 0.3) is 0 Å². The number of nitrogens with zero attached hydrogens (tertiary/aromatic N) is 5. The average molecular weight is 571 g/mol. The summed E-state index contributed by atoms with van der Waals surface area (Å²) in [6, 6.07) is 8.45. The van der Waals surface area contributed by atoms with Crippen LogP contribution in [0.4, 0.5) is 5.82 Å². The van der Waals surface area contributed by atoms with Crippen LogP contribution in [-0.2, 0) is 4.79 Å². The largest absolute Gasteiger partial charge is 0.387 e. The Bertz CT molecular complexity index is 1060. The lowest BCUT2D eigenvalue weighted by molar-refractivity contribution is -0.134. The van der Waals surface area contributed by atoms with E-state index in [1.54, 1.807) is 6.33 Å². The summed E-state index contributed by atoms with van der Waals surface area (Å²) in [6.45, 7) is 10.4. The lowest BCUT2D eigenvalue weighted by Gasteiger charge is -2.40. The minimum absolute atomic E-state index is 0. The van der Waals surface area contributed by atoms with Gasteiger partial charge < -0.3 is 14.9 Å². The van der Waals surface area contributed by atoms with Crippen LogP contribution in [0.5, 0.6) is 0 Å². The molecule has 1 aromatic carbocycles. The van der Waals surface area contributed by atoms with Gasteiger partial charge >= 0.3 is 0 Å². The van der Waals surface area contributed by atoms with Crippen molar-refractivity contribution in [3.63, 3.8) is 0 Å². The maximum atomic E-state index is 14.1. The van der Waals surface area contributed by atoms with Crippen LogP contribution < -0.4 is 4.90 Å².